The van der Waals surface area contributed by atoms with Crippen LogP contribution in [-0.4, -0.2) is 52.2 Å². The Morgan fingerprint density at radius 2 is 1.04 bits per heavy atom. The van der Waals surface area contributed by atoms with Gasteiger partial charge in [-0.25, -0.2) is 0 Å². The number of benzene rings is 1. The zero-order valence-electron chi connectivity index (χ0n) is 32.7. The molecule has 12 heteroatoms. The van der Waals surface area contributed by atoms with Crippen LogP contribution in [0.1, 0.15) is 127 Å². The van der Waals surface area contributed by atoms with E-state index in [1.807, 2.05) is 36.6 Å². The number of allylic oxidation sites excluding steroid dienone is 2. The van der Waals surface area contributed by atoms with Gasteiger partial charge >= 0.3 is 34.5 Å². The van der Waals surface area contributed by atoms with Gasteiger partial charge in [-0.2, -0.15) is 91.2 Å². The molecule has 1 radical (unpaired) electrons. The summed E-state index contributed by atoms with van der Waals surface area (Å²) in [5, 5.41) is 18.5. The van der Waals surface area contributed by atoms with Gasteiger partial charge in [-0.15, -0.1) is 35.6 Å². The summed E-state index contributed by atoms with van der Waals surface area (Å²) in [6, 6.07) is 11.3. The molecule has 0 amide bonds. The van der Waals surface area contributed by atoms with E-state index in [1.54, 1.807) is 0 Å². The van der Waals surface area contributed by atoms with Crippen molar-refractivity contribution in [3.63, 3.8) is 0 Å². The Bertz CT molecular complexity index is 1080. The number of nitrogens with zero attached hydrogens (tertiary/aromatic N) is 4. The van der Waals surface area contributed by atoms with Crippen LogP contribution in [0.25, 0.3) is 21.3 Å². The summed E-state index contributed by atoms with van der Waals surface area (Å²) in [5.41, 5.74) is 1.10. The molecule has 10 unspecified atom stereocenters. The maximum absolute atomic E-state index is 4.73. The van der Waals surface area contributed by atoms with Crippen LogP contribution in [0.2, 0.25) is 0 Å². The SMILES string of the molecule is BrC1C[CH-]C(C2CCCC[N-]2)CC1.BrC1C[CH-]C(C2CCCC[N-]2)CC1.BrC1C[CH-]C(C2CCCC[N-]2)CC1.Brc1c[c-]c(C2C=CC=C[N-]2)cc1.[ClH+][Rh][ClH+].[Rh]. The zero-order chi connectivity index (χ0) is 39.1. The molecule has 3 saturated heterocycles. The molecule has 3 saturated carbocycles. The molecule has 0 bridgehead atoms. The smallest absolute Gasteiger partial charge is 0 e. The largest absolute Gasteiger partial charge is 0 e. The predicted molar refractivity (Wildman–Crippen MR) is 241 cm³/mol. The van der Waals surface area contributed by atoms with Crippen molar-refractivity contribution in [2.75, 3.05) is 19.6 Å². The van der Waals surface area contributed by atoms with E-state index >= 15 is 0 Å². The van der Waals surface area contributed by atoms with Gasteiger partial charge in [0, 0.05) is 19.5 Å². The number of piperidine rings is 3. The van der Waals surface area contributed by atoms with Gasteiger partial charge in [-0.3, -0.25) is 0 Å². The first-order valence-electron chi connectivity index (χ1n) is 20.8. The normalized spacial score (nSPS) is 34.1. The summed E-state index contributed by atoms with van der Waals surface area (Å²) < 4.78 is 1.05. The topological polar surface area (TPSA) is 56.4 Å². The molecule has 8 rings (SSSR count). The average Bonchev–Trinajstić information content (AvgIpc) is 3.24. The van der Waals surface area contributed by atoms with Gasteiger partial charge in [0.15, 0.2) is 0 Å². The van der Waals surface area contributed by atoms with Gasteiger partial charge in [0.1, 0.15) is 0 Å². The second kappa shape index (κ2) is 31.9. The molecule has 4 nitrogen and oxygen atoms in total. The van der Waals surface area contributed by atoms with E-state index in [0.717, 1.165) is 61.9 Å². The number of hydrogen-bond donors (Lipinski definition) is 0. The van der Waals surface area contributed by atoms with E-state index in [0.29, 0.717) is 18.1 Å². The average molecular weight is 1250 g/mol. The molecule has 0 N–H and O–H groups in total. The monoisotopic (exact) mass is 1240 g/mol. The van der Waals surface area contributed by atoms with E-state index in [-0.39, 0.29) is 40.7 Å². The standard InChI is InChI=1S/3C11H18BrN.C11H8BrN.2ClH.2Rh/c4*12-10-6-4-9(5-7-10)11-3-1-2-8-13-11;;;;/h3*4,9-11H,1-3,5-8H2;1-4,6-8,11H;2*1H;;/q4*-2;;;;+2. The minimum Gasteiger partial charge on any atom is 0 e. The second-order valence-corrected chi connectivity index (χ2v) is 23.4. The first kappa shape index (κ1) is 52.5. The summed E-state index contributed by atoms with van der Waals surface area (Å²) in [7, 11) is 8.56. The van der Waals surface area contributed by atoms with Crippen molar-refractivity contribution in [2.45, 2.75) is 154 Å². The molecule has 4 aliphatic heterocycles. The van der Waals surface area contributed by atoms with Gasteiger partial charge < -0.3 is 40.5 Å². The third-order valence-corrected chi connectivity index (χ3v) is 14.7. The van der Waals surface area contributed by atoms with Crippen molar-refractivity contribution in [1.29, 1.82) is 0 Å². The summed E-state index contributed by atoms with van der Waals surface area (Å²) >= 11 is 14.4. The maximum Gasteiger partial charge on any atom is 0 e. The van der Waals surface area contributed by atoms with Crippen molar-refractivity contribution < 1.29 is 54.0 Å². The molecule has 3 aliphatic carbocycles. The molecule has 1 aromatic rings. The Kier molecular flexibility index (Phi) is 29.9. The number of alkyl halides is 3. The maximum atomic E-state index is 4.73. The van der Waals surface area contributed by atoms with Crippen molar-refractivity contribution in [3.05, 3.63) is 99.3 Å². The van der Waals surface area contributed by atoms with Crippen molar-refractivity contribution in [3.8, 4) is 0 Å². The molecule has 56 heavy (non-hydrogen) atoms. The van der Waals surface area contributed by atoms with Crippen molar-refractivity contribution in [2.24, 2.45) is 17.8 Å². The van der Waals surface area contributed by atoms with E-state index in [4.69, 9.17) is 16.0 Å². The Labute approximate surface area is 404 Å². The Hall–Kier alpha value is 2.13. The fraction of sp³-hybridized carbons (Fsp3) is 0.705. The third kappa shape index (κ3) is 21.0. The van der Waals surface area contributed by atoms with Gasteiger partial charge in [0.05, 0.1) is 0 Å². The number of rotatable bonds is 4. The molecule has 326 valence electrons. The molecule has 10 atom stereocenters. The van der Waals surface area contributed by atoms with Crippen LogP contribution >= 0.6 is 63.7 Å². The molecule has 6 fully saturated rings. The van der Waals surface area contributed by atoms with Gasteiger partial charge in [-0.05, 0) is 33.7 Å². The van der Waals surface area contributed by atoms with Gasteiger partial charge in [0.25, 0.3) is 0 Å². The Balaban J connectivity index is 0.000000194. The van der Waals surface area contributed by atoms with Crippen molar-refractivity contribution >= 4 is 63.7 Å². The summed E-state index contributed by atoms with van der Waals surface area (Å²) in [5.74, 6) is 2.40. The summed E-state index contributed by atoms with van der Waals surface area (Å²) in [4.78, 5) is 2.23. The van der Waals surface area contributed by atoms with Gasteiger partial charge in [-0.1, -0.05) is 154 Å². The second-order valence-electron chi connectivity index (χ2n) is 15.7. The molecular weight excluding hydrogens is 1180 g/mol. The quantitative estimate of drug-likeness (QED) is 0.164. The van der Waals surface area contributed by atoms with Crippen LogP contribution in [0.3, 0.4) is 0 Å². The predicted octanol–water partition coefficient (Wildman–Crippen LogP) is 14.2. The number of hydrogen-bond acceptors (Lipinski definition) is 0. The minimum atomic E-state index is -0.00333. The van der Waals surface area contributed by atoms with E-state index < -0.39 is 0 Å². The summed E-state index contributed by atoms with van der Waals surface area (Å²) in [6.45, 7) is 3.35. The molecule has 4 heterocycles. The van der Waals surface area contributed by atoms with Crippen LogP contribution in [0.4, 0.5) is 0 Å². The molecule has 0 aromatic heterocycles. The first-order chi connectivity index (χ1) is 26.9. The van der Waals surface area contributed by atoms with Crippen LogP contribution in [0.5, 0.6) is 0 Å². The molecular formula is C44H64Br4Cl2N4Rh2-6. The van der Waals surface area contributed by atoms with Crippen LogP contribution in [0.15, 0.2) is 47.1 Å². The Morgan fingerprint density at radius 3 is 1.32 bits per heavy atom. The summed E-state index contributed by atoms with van der Waals surface area (Å²) in [6.07, 6.45) is 39.3. The number of halogens is 6. The Morgan fingerprint density at radius 1 is 0.607 bits per heavy atom. The van der Waals surface area contributed by atoms with Crippen LogP contribution in [0, 0.1) is 62.5 Å². The van der Waals surface area contributed by atoms with Gasteiger partial charge in [0.2, 0.25) is 0 Å². The minimum absolute atomic E-state index is 0. The third-order valence-electron chi connectivity index (χ3n) is 11.7. The van der Waals surface area contributed by atoms with E-state index in [9.17, 15) is 0 Å². The molecule has 0 spiro atoms. The van der Waals surface area contributed by atoms with Crippen LogP contribution in [-0.2, 0) is 34.6 Å². The fourth-order valence-electron chi connectivity index (χ4n) is 8.53. The van der Waals surface area contributed by atoms with E-state index in [1.165, 1.54) is 116 Å². The van der Waals surface area contributed by atoms with Crippen LogP contribution < -0.4 is 0 Å². The molecule has 7 aliphatic rings. The van der Waals surface area contributed by atoms with Crippen molar-refractivity contribution in [1.82, 2.24) is 0 Å². The van der Waals surface area contributed by atoms with E-state index in [2.05, 4.69) is 120 Å². The fourth-order valence-corrected chi connectivity index (χ4v) is 10.2. The molecule has 1 aromatic carbocycles. The first-order valence-corrected chi connectivity index (χ1v) is 28.9. The zero-order valence-corrected chi connectivity index (χ0v) is 43.9.